The van der Waals surface area contributed by atoms with Crippen LogP contribution in [0.4, 0.5) is 0 Å². The molecule has 1 N–H and O–H groups in total. The van der Waals surface area contributed by atoms with E-state index in [2.05, 4.69) is 5.32 Å². The van der Waals surface area contributed by atoms with E-state index in [0.717, 1.165) is 12.0 Å². The highest BCUT2D eigenvalue weighted by Gasteiger charge is 2.27. The van der Waals surface area contributed by atoms with Gasteiger partial charge in [-0.1, -0.05) is 26.0 Å². The second kappa shape index (κ2) is 10.1. The molecule has 0 bridgehead atoms. The molecule has 4 rings (SSSR count). The Hall–Kier alpha value is -2.62. The monoisotopic (exact) mass is 474 g/mol. The zero-order valence-corrected chi connectivity index (χ0v) is 19.8. The predicted octanol–water partition coefficient (Wildman–Crippen LogP) is 3.00. The molecule has 1 fully saturated rings. The Bertz CT molecular complexity index is 1100. The van der Waals surface area contributed by atoms with Crippen molar-refractivity contribution in [3.05, 3.63) is 53.6 Å². The van der Waals surface area contributed by atoms with Crippen LogP contribution >= 0.6 is 0 Å². The van der Waals surface area contributed by atoms with Gasteiger partial charge in [-0.25, -0.2) is 8.42 Å². The van der Waals surface area contributed by atoms with E-state index in [0.29, 0.717) is 56.6 Å². The van der Waals surface area contributed by atoms with Gasteiger partial charge in [-0.3, -0.25) is 4.79 Å². The number of fused-ring (bicyclic) bond motifs is 1. The van der Waals surface area contributed by atoms with Crippen LogP contribution in [0, 0.1) is 5.92 Å². The Morgan fingerprint density at radius 1 is 0.970 bits per heavy atom. The highest BCUT2D eigenvalue weighted by Crippen LogP contribution is 2.34. The van der Waals surface area contributed by atoms with Crippen LogP contribution in [0.1, 0.15) is 42.2 Å². The molecule has 2 aromatic rings. The van der Waals surface area contributed by atoms with Crippen molar-refractivity contribution in [1.29, 1.82) is 0 Å². The fourth-order valence-electron chi connectivity index (χ4n) is 3.97. The molecule has 2 aromatic carbocycles. The van der Waals surface area contributed by atoms with Crippen LogP contribution in [0.25, 0.3) is 0 Å². The first-order chi connectivity index (χ1) is 15.9. The number of hydrogen-bond acceptors (Lipinski definition) is 6. The number of sulfonamides is 1. The first-order valence-electron chi connectivity index (χ1n) is 11.2. The molecule has 33 heavy (non-hydrogen) atoms. The standard InChI is InChI=1S/C24H30N2O6S/c1-17(2)23(18-7-8-21-22(16-18)32-12-4-11-31-21)25-24(27)19-5-3-6-20(15-19)33(28,29)26-9-13-30-14-10-26/h3,5-8,15-17,23H,4,9-14H2,1-2H3,(H,25,27). The maximum Gasteiger partial charge on any atom is 0.251 e. The molecule has 0 aromatic heterocycles. The van der Waals surface area contributed by atoms with Crippen molar-refractivity contribution in [1.82, 2.24) is 9.62 Å². The summed E-state index contributed by atoms with van der Waals surface area (Å²) in [5.74, 6) is 1.13. The molecule has 2 aliphatic heterocycles. The van der Waals surface area contributed by atoms with Crippen molar-refractivity contribution in [3.63, 3.8) is 0 Å². The lowest BCUT2D eigenvalue weighted by atomic mass is 9.95. The van der Waals surface area contributed by atoms with Crippen molar-refractivity contribution in [2.75, 3.05) is 39.5 Å². The number of hydrogen-bond donors (Lipinski definition) is 1. The molecule has 1 saturated heterocycles. The van der Waals surface area contributed by atoms with E-state index in [-0.39, 0.29) is 22.8 Å². The quantitative estimate of drug-likeness (QED) is 0.692. The van der Waals surface area contributed by atoms with Crippen LogP contribution in [0.15, 0.2) is 47.4 Å². The van der Waals surface area contributed by atoms with Crippen LogP contribution in [-0.2, 0) is 14.8 Å². The molecule has 0 saturated carbocycles. The molecule has 1 amide bonds. The van der Waals surface area contributed by atoms with Gasteiger partial charge in [0, 0.05) is 25.1 Å². The Morgan fingerprint density at radius 3 is 2.42 bits per heavy atom. The third kappa shape index (κ3) is 5.31. The van der Waals surface area contributed by atoms with E-state index in [1.807, 2.05) is 32.0 Å². The summed E-state index contributed by atoms with van der Waals surface area (Å²) < 4.78 is 44.1. The van der Waals surface area contributed by atoms with Gasteiger partial charge in [0.2, 0.25) is 10.0 Å². The lowest BCUT2D eigenvalue weighted by Gasteiger charge is -2.26. The summed E-state index contributed by atoms with van der Waals surface area (Å²) in [6.07, 6.45) is 0.818. The normalized spacial score (nSPS) is 17.9. The number of amides is 1. The van der Waals surface area contributed by atoms with Crippen LogP contribution < -0.4 is 14.8 Å². The van der Waals surface area contributed by atoms with Gasteiger partial charge in [-0.05, 0) is 41.8 Å². The summed E-state index contributed by atoms with van der Waals surface area (Å²) in [6, 6.07) is 11.6. The van der Waals surface area contributed by atoms with Gasteiger partial charge < -0.3 is 19.5 Å². The van der Waals surface area contributed by atoms with Gasteiger partial charge in [0.15, 0.2) is 11.5 Å². The molecule has 1 atom stereocenters. The zero-order chi connectivity index (χ0) is 23.4. The van der Waals surface area contributed by atoms with E-state index >= 15 is 0 Å². The van der Waals surface area contributed by atoms with Crippen LogP contribution in [-0.4, -0.2) is 58.1 Å². The molecule has 2 aliphatic rings. The first-order valence-corrected chi connectivity index (χ1v) is 12.7. The molecular formula is C24H30N2O6S. The van der Waals surface area contributed by atoms with E-state index in [1.54, 1.807) is 12.1 Å². The lowest BCUT2D eigenvalue weighted by molar-refractivity contribution is 0.0730. The van der Waals surface area contributed by atoms with Gasteiger partial charge in [0.25, 0.3) is 5.91 Å². The number of carbonyl (C=O) groups excluding carboxylic acids is 1. The SMILES string of the molecule is CC(C)C(NC(=O)c1cccc(S(=O)(=O)N2CCOCC2)c1)c1ccc2c(c1)OCCCO2. The number of ether oxygens (including phenoxy) is 3. The van der Waals surface area contributed by atoms with Crippen molar-refractivity contribution in [3.8, 4) is 11.5 Å². The highest BCUT2D eigenvalue weighted by atomic mass is 32.2. The van der Waals surface area contributed by atoms with Crippen LogP contribution in [0.2, 0.25) is 0 Å². The number of carbonyl (C=O) groups is 1. The number of nitrogens with zero attached hydrogens (tertiary/aromatic N) is 1. The van der Waals surface area contributed by atoms with E-state index < -0.39 is 10.0 Å². The van der Waals surface area contributed by atoms with Gasteiger partial charge >= 0.3 is 0 Å². The van der Waals surface area contributed by atoms with Gasteiger partial charge in [-0.2, -0.15) is 4.31 Å². The summed E-state index contributed by atoms with van der Waals surface area (Å²) in [5.41, 5.74) is 1.20. The lowest BCUT2D eigenvalue weighted by Crippen LogP contribution is -2.40. The third-order valence-corrected chi connectivity index (χ3v) is 7.68. The maximum absolute atomic E-state index is 13.1. The average Bonchev–Trinajstić information content (AvgIpc) is 3.07. The van der Waals surface area contributed by atoms with Crippen LogP contribution in [0.3, 0.4) is 0 Å². The Morgan fingerprint density at radius 2 is 1.70 bits per heavy atom. The first kappa shape index (κ1) is 23.5. The van der Waals surface area contributed by atoms with E-state index in [4.69, 9.17) is 14.2 Å². The number of morpholine rings is 1. The minimum atomic E-state index is -3.69. The van der Waals surface area contributed by atoms with Crippen molar-refractivity contribution < 1.29 is 27.4 Å². The smallest absolute Gasteiger partial charge is 0.251 e. The average molecular weight is 475 g/mol. The van der Waals surface area contributed by atoms with Gasteiger partial charge in [0.05, 0.1) is 37.4 Å². The highest BCUT2D eigenvalue weighted by molar-refractivity contribution is 7.89. The Kier molecular flexibility index (Phi) is 7.21. The molecule has 8 nitrogen and oxygen atoms in total. The predicted molar refractivity (Wildman–Crippen MR) is 123 cm³/mol. The molecule has 9 heteroatoms. The zero-order valence-electron chi connectivity index (χ0n) is 19.0. The topological polar surface area (TPSA) is 94.2 Å². The summed E-state index contributed by atoms with van der Waals surface area (Å²) in [6.45, 7) is 6.58. The second-order valence-electron chi connectivity index (χ2n) is 8.50. The summed E-state index contributed by atoms with van der Waals surface area (Å²) in [5, 5.41) is 3.07. The molecule has 178 valence electrons. The van der Waals surface area contributed by atoms with E-state index in [1.165, 1.54) is 16.4 Å². The largest absolute Gasteiger partial charge is 0.490 e. The molecular weight excluding hydrogens is 444 g/mol. The molecule has 2 heterocycles. The summed E-state index contributed by atoms with van der Waals surface area (Å²) in [4.78, 5) is 13.2. The molecule has 0 aliphatic carbocycles. The fraction of sp³-hybridized carbons (Fsp3) is 0.458. The summed E-state index contributed by atoms with van der Waals surface area (Å²) in [7, 11) is -3.69. The van der Waals surface area contributed by atoms with Crippen molar-refractivity contribution >= 4 is 15.9 Å². The Balaban J connectivity index is 1.55. The second-order valence-corrected chi connectivity index (χ2v) is 10.4. The van der Waals surface area contributed by atoms with Crippen molar-refractivity contribution in [2.24, 2.45) is 5.92 Å². The molecule has 0 spiro atoms. The van der Waals surface area contributed by atoms with Gasteiger partial charge in [-0.15, -0.1) is 0 Å². The fourth-order valence-corrected chi connectivity index (χ4v) is 5.42. The number of rotatable bonds is 6. The third-order valence-electron chi connectivity index (χ3n) is 5.79. The maximum atomic E-state index is 13.1. The number of benzene rings is 2. The van der Waals surface area contributed by atoms with E-state index in [9.17, 15) is 13.2 Å². The minimum absolute atomic E-state index is 0.0963. The Labute approximate surface area is 194 Å². The van der Waals surface area contributed by atoms with Crippen molar-refractivity contribution in [2.45, 2.75) is 31.2 Å². The number of nitrogens with one attached hydrogen (secondary N) is 1. The molecule has 1 unspecified atom stereocenters. The van der Waals surface area contributed by atoms with Crippen LogP contribution in [0.5, 0.6) is 11.5 Å². The van der Waals surface area contributed by atoms with Gasteiger partial charge in [0.1, 0.15) is 0 Å². The molecule has 0 radical (unpaired) electrons. The summed E-state index contributed by atoms with van der Waals surface area (Å²) >= 11 is 0. The minimum Gasteiger partial charge on any atom is -0.490 e.